The molecular weight excluding hydrogens is 298 g/mol. The molecule has 5 nitrogen and oxygen atoms in total. The minimum absolute atomic E-state index is 0.0391. The van der Waals surface area contributed by atoms with Crippen molar-refractivity contribution in [3.63, 3.8) is 0 Å². The SMILES string of the molecule is Cc1cc(C)c(S(=O)(=O)N2CCS(=O)(=O)CC2)c(C)c1. The molecule has 0 bridgehead atoms. The second-order valence-corrected chi connectivity index (χ2v) is 9.46. The summed E-state index contributed by atoms with van der Waals surface area (Å²) in [7, 11) is -6.71. The van der Waals surface area contributed by atoms with E-state index in [0.29, 0.717) is 16.0 Å². The van der Waals surface area contributed by atoms with Gasteiger partial charge in [-0.3, -0.25) is 0 Å². The van der Waals surface area contributed by atoms with Crippen LogP contribution in [0.2, 0.25) is 0 Å². The van der Waals surface area contributed by atoms with Crippen LogP contribution in [0.4, 0.5) is 0 Å². The van der Waals surface area contributed by atoms with Crippen molar-refractivity contribution in [1.82, 2.24) is 4.31 Å². The third-order valence-corrected chi connectivity index (χ3v) is 7.32. The summed E-state index contributed by atoms with van der Waals surface area (Å²) < 4.78 is 49.5. The van der Waals surface area contributed by atoms with Gasteiger partial charge in [0.05, 0.1) is 16.4 Å². The quantitative estimate of drug-likeness (QED) is 0.817. The lowest BCUT2D eigenvalue weighted by Crippen LogP contribution is -2.44. The number of nitrogens with zero attached hydrogens (tertiary/aromatic N) is 1. The molecule has 1 aliphatic rings. The van der Waals surface area contributed by atoms with Crippen LogP contribution in [0.3, 0.4) is 0 Å². The summed E-state index contributed by atoms with van der Waals surface area (Å²) in [5.74, 6) is -0.202. The maximum atomic E-state index is 12.7. The van der Waals surface area contributed by atoms with Crippen molar-refractivity contribution in [2.75, 3.05) is 24.6 Å². The van der Waals surface area contributed by atoms with Gasteiger partial charge in [0.1, 0.15) is 0 Å². The molecule has 0 amide bonds. The van der Waals surface area contributed by atoms with Gasteiger partial charge in [0.25, 0.3) is 0 Å². The smallest absolute Gasteiger partial charge is 0.229 e. The number of rotatable bonds is 2. The van der Waals surface area contributed by atoms with Crippen LogP contribution in [0.25, 0.3) is 0 Å². The molecule has 1 aromatic rings. The Bertz CT molecular complexity index is 699. The van der Waals surface area contributed by atoms with E-state index in [-0.39, 0.29) is 24.6 Å². The summed E-state index contributed by atoms with van der Waals surface area (Å²) >= 11 is 0. The first kappa shape index (κ1) is 15.5. The molecule has 2 rings (SSSR count). The van der Waals surface area contributed by atoms with E-state index in [0.717, 1.165) is 5.56 Å². The normalized spacial score (nSPS) is 19.9. The van der Waals surface area contributed by atoms with E-state index in [9.17, 15) is 16.8 Å². The number of sulfone groups is 1. The van der Waals surface area contributed by atoms with Crippen LogP contribution in [0.15, 0.2) is 17.0 Å². The molecule has 7 heteroatoms. The lowest BCUT2D eigenvalue weighted by Gasteiger charge is -2.27. The second-order valence-electron chi connectivity index (χ2n) is 5.28. The van der Waals surface area contributed by atoms with Gasteiger partial charge in [-0.2, -0.15) is 4.31 Å². The lowest BCUT2D eigenvalue weighted by molar-refractivity contribution is 0.430. The van der Waals surface area contributed by atoms with Gasteiger partial charge in [-0.1, -0.05) is 17.7 Å². The van der Waals surface area contributed by atoms with Crippen LogP contribution >= 0.6 is 0 Å². The van der Waals surface area contributed by atoms with Crippen molar-refractivity contribution < 1.29 is 16.8 Å². The fourth-order valence-corrected chi connectivity index (χ4v) is 5.92. The topological polar surface area (TPSA) is 71.5 Å². The Morgan fingerprint density at radius 3 is 1.90 bits per heavy atom. The molecule has 1 aliphatic heterocycles. The number of hydrogen-bond donors (Lipinski definition) is 0. The molecule has 20 heavy (non-hydrogen) atoms. The van der Waals surface area contributed by atoms with E-state index in [2.05, 4.69) is 0 Å². The first-order valence-corrected chi connectivity index (χ1v) is 9.68. The molecule has 0 N–H and O–H groups in total. The van der Waals surface area contributed by atoms with E-state index >= 15 is 0 Å². The average molecular weight is 317 g/mol. The molecule has 1 fully saturated rings. The number of sulfonamides is 1. The van der Waals surface area contributed by atoms with Gasteiger partial charge >= 0.3 is 0 Å². The monoisotopic (exact) mass is 317 g/mol. The average Bonchev–Trinajstić information content (AvgIpc) is 2.26. The summed E-state index contributed by atoms with van der Waals surface area (Å²) in [5, 5.41) is 0. The Morgan fingerprint density at radius 2 is 1.45 bits per heavy atom. The van der Waals surface area contributed by atoms with Crippen LogP contribution in [0, 0.1) is 20.8 Å². The van der Waals surface area contributed by atoms with Gasteiger partial charge in [-0.15, -0.1) is 0 Å². The lowest BCUT2D eigenvalue weighted by atomic mass is 10.1. The summed E-state index contributed by atoms with van der Waals surface area (Å²) in [6.45, 7) is 5.54. The zero-order valence-corrected chi connectivity index (χ0v) is 13.5. The van der Waals surface area contributed by atoms with E-state index in [4.69, 9.17) is 0 Å². The van der Waals surface area contributed by atoms with Gasteiger partial charge in [0, 0.05) is 13.1 Å². The number of hydrogen-bond acceptors (Lipinski definition) is 4. The Balaban J connectivity index is 2.42. The van der Waals surface area contributed by atoms with E-state index in [1.807, 2.05) is 19.1 Å². The molecule has 0 unspecified atom stereocenters. The van der Waals surface area contributed by atoms with Gasteiger partial charge in [0.15, 0.2) is 9.84 Å². The summed E-state index contributed by atoms with van der Waals surface area (Å²) in [5.41, 5.74) is 2.42. The highest BCUT2D eigenvalue weighted by Crippen LogP contribution is 2.26. The highest BCUT2D eigenvalue weighted by molar-refractivity contribution is 7.92. The summed E-state index contributed by atoms with van der Waals surface area (Å²) in [4.78, 5) is 0.308. The highest BCUT2D eigenvalue weighted by atomic mass is 32.2. The summed E-state index contributed by atoms with van der Waals surface area (Å²) in [6, 6.07) is 3.67. The standard InChI is InChI=1S/C13H19NO4S2/c1-10-8-11(2)13(12(3)9-10)20(17,18)14-4-6-19(15,16)7-5-14/h8-9H,4-7H2,1-3H3. The number of benzene rings is 1. The fourth-order valence-electron chi connectivity index (χ4n) is 2.64. The molecule has 1 saturated heterocycles. The van der Waals surface area contributed by atoms with Gasteiger partial charge < -0.3 is 0 Å². The molecule has 0 radical (unpaired) electrons. The zero-order chi connectivity index (χ0) is 15.1. The minimum atomic E-state index is -3.62. The van der Waals surface area contributed by atoms with Crippen LogP contribution in [0.5, 0.6) is 0 Å². The number of aryl methyl sites for hydroxylation is 3. The van der Waals surface area contributed by atoms with Gasteiger partial charge in [-0.05, 0) is 31.9 Å². The first-order chi connectivity index (χ1) is 9.13. The van der Waals surface area contributed by atoms with Crippen LogP contribution in [-0.2, 0) is 19.9 Å². The van der Waals surface area contributed by atoms with Crippen LogP contribution < -0.4 is 0 Å². The second kappa shape index (κ2) is 5.13. The molecule has 0 atom stereocenters. The van der Waals surface area contributed by atoms with Crippen molar-refractivity contribution in [2.45, 2.75) is 25.7 Å². The van der Waals surface area contributed by atoms with Gasteiger partial charge in [0.2, 0.25) is 10.0 Å². The Kier molecular flexibility index (Phi) is 3.96. The van der Waals surface area contributed by atoms with E-state index in [1.54, 1.807) is 13.8 Å². The first-order valence-electron chi connectivity index (χ1n) is 6.42. The predicted molar refractivity (Wildman–Crippen MR) is 78.1 cm³/mol. The van der Waals surface area contributed by atoms with Crippen molar-refractivity contribution in [3.8, 4) is 0 Å². The Labute approximate surface area is 120 Å². The van der Waals surface area contributed by atoms with Crippen LogP contribution in [-0.4, -0.2) is 45.7 Å². The summed E-state index contributed by atoms with van der Waals surface area (Å²) in [6.07, 6.45) is 0. The zero-order valence-electron chi connectivity index (χ0n) is 11.9. The van der Waals surface area contributed by atoms with E-state index < -0.39 is 19.9 Å². The van der Waals surface area contributed by atoms with Crippen molar-refractivity contribution >= 4 is 19.9 Å². The Hall–Kier alpha value is -0.920. The molecule has 0 aliphatic carbocycles. The third-order valence-electron chi connectivity index (χ3n) is 3.51. The fraction of sp³-hybridized carbons (Fsp3) is 0.538. The minimum Gasteiger partial charge on any atom is -0.229 e. The molecule has 1 aromatic carbocycles. The molecule has 112 valence electrons. The maximum absolute atomic E-state index is 12.7. The maximum Gasteiger partial charge on any atom is 0.243 e. The molecular formula is C13H19NO4S2. The van der Waals surface area contributed by atoms with E-state index in [1.165, 1.54) is 4.31 Å². The molecule has 0 spiro atoms. The highest BCUT2D eigenvalue weighted by Gasteiger charge is 2.32. The molecule has 1 heterocycles. The largest absolute Gasteiger partial charge is 0.243 e. The van der Waals surface area contributed by atoms with Gasteiger partial charge in [-0.25, -0.2) is 16.8 Å². The van der Waals surface area contributed by atoms with Crippen molar-refractivity contribution in [3.05, 3.63) is 28.8 Å². The molecule has 0 aromatic heterocycles. The predicted octanol–water partition coefficient (Wildman–Crippen LogP) is 1.03. The third kappa shape index (κ3) is 2.89. The van der Waals surface area contributed by atoms with Crippen molar-refractivity contribution in [1.29, 1.82) is 0 Å². The molecule has 0 saturated carbocycles. The van der Waals surface area contributed by atoms with Crippen LogP contribution in [0.1, 0.15) is 16.7 Å². The Morgan fingerprint density at radius 1 is 1.00 bits per heavy atom. The van der Waals surface area contributed by atoms with Crippen molar-refractivity contribution in [2.24, 2.45) is 0 Å².